The Morgan fingerprint density at radius 3 is 2.35 bits per heavy atom. The third-order valence-electron chi connectivity index (χ3n) is 3.24. The van der Waals surface area contributed by atoms with Gasteiger partial charge in [0.2, 0.25) is 5.91 Å². The summed E-state index contributed by atoms with van der Waals surface area (Å²) < 4.78 is 26.8. The lowest BCUT2D eigenvalue weighted by atomic mass is 10.3. The Kier molecular flexibility index (Phi) is 5.88. The monoisotopic (exact) mass is 378 g/mol. The Hall–Kier alpha value is -3.01. The average Bonchev–Trinajstić information content (AvgIpc) is 2.56. The normalized spacial score (nSPS) is 11.0. The van der Waals surface area contributed by atoms with E-state index in [9.17, 15) is 22.8 Å². The van der Waals surface area contributed by atoms with Gasteiger partial charge in [-0.25, -0.2) is 17.8 Å². The van der Waals surface area contributed by atoms with E-state index in [1.54, 1.807) is 0 Å². The number of aromatic nitrogens is 2. The minimum Gasteiger partial charge on any atom is -0.321 e. The lowest BCUT2D eigenvalue weighted by Crippen LogP contribution is -2.28. The first-order valence-electron chi connectivity index (χ1n) is 7.76. The third-order valence-corrected chi connectivity index (χ3v) is 4.68. The number of carbonyl (C=O) groups excluding carboxylic acids is 2. The second kappa shape index (κ2) is 7.91. The molecule has 10 heteroatoms. The van der Waals surface area contributed by atoms with E-state index in [1.807, 2.05) is 11.6 Å². The molecule has 2 amide bonds. The van der Waals surface area contributed by atoms with Crippen LogP contribution in [0.1, 0.15) is 30.8 Å². The van der Waals surface area contributed by atoms with E-state index in [1.165, 1.54) is 41.1 Å². The number of carbonyl (C=O) groups is 2. The summed E-state index contributed by atoms with van der Waals surface area (Å²) in [5.41, 5.74) is 0.107. The molecule has 0 aliphatic carbocycles. The minimum atomic E-state index is -3.94. The van der Waals surface area contributed by atoms with E-state index < -0.39 is 21.8 Å². The maximum Gasteiger partial charge on any atom is 0.276 e. The van der Waals surface area contributed by atoms with Gasteiger partial charge >= 0.3 is 0 Å². The zero-order valence-corrected chi connectivity index (χ0v) is 15.0. The van der Waals surface area contributed by atoms with E-state index in [2.05, 4.69) is 10.4 Å². The summed E-state index contributed by atoms with van der Waals surface area (Å²) >= 11 is 0. The second-order valence-electron chi connectivity index (χ2n) is 5.42. The van der Waals surface area contributed by atoms with Gasteiger partial charge < -0.3 is 5.32 Å². The Bertz CT molecular complexity index is 980. The van der Waals surface area contributed by atoms with E-state index in [0.29, 0.717) is 18.7 Å². The van der Waals surface area contributed by atoms with Crippen LogP contribution in [0.15, 0.2) is 46.1 Å². The third kappa shape index (κ3) is 4.76. The molecule has 0 aliphatic heterocycles. The lowest BCUT2D eigenvalue weighted by molar-refractivity contribution is -0.117. The highest BCUT2D eigenvalue weighted by atomic mass is 32.2. The molecule has 2 rings (SSSR count). The van der Waals surface area contributed by atoms with Gasteiger partial charge in [-0.15, -0.1) is 0 Å². The summed E-state index contributed by atoms with van der Waals surface area (Å²) in [5, 5.41) is 6.56. The molecule has 0 spiro atoms. The smallest absolute Gasteiger partial charge is 0.276 e. The molecule has 2 N–H and O–H groups in total. The van der Waals surface area contributed by atoms with Crippen molar-refractivity contribution in [3.8, 4) is 0 Å². The van der Waals surface area contributed by atoms with Crippen LogP contribution >= 0.6 is 0 Å². The summed E-state index contributed by atoms with van der Waals surface area (Å²) in [6, 6.07) is 7.86. The van der Waals surface area contributed by atoms with Crippen LogP contribution in [-0.4, -0.2) is 30.0 Å². The molecule has 0 unspecified atom stereocenters. The summed E-state index contributed by atoms with van der Waals surface area (Å²) in [6.07, 6.45) is 0.697. The average molecular weight is 378 g/mol. The van der Waals surface area contributed by atoms with Crippen LogP contribution in [0, 0.1) is 0 Å². The molecule has 0 bridgehead atoms. The van der Waals surface area contributed by atoms with Crippen molar-refractivity contribution in [1.29, 1.82) is 0 Å². The zero-order valence-electron chi connectivity index (χ0n) is 14.2. The van der Waals surface area contributed by atoms with Crippen LogP contribution < -0.4 is 15.6 Å². The molecular formula is C16H18N4O5S. The molecule has 2 aromatic rings. The SMILES string of the molecule is CCCn1nc(C(=O)Nc2ccc(S(=O)(=O)NC(C)=O)cc2)ccc1=O. The van der Waals surface area contributed by atoms with Crippen molar-refractivity contribution >= 4 is 27.5 Å². The van der Waals surface area contributed by atoms with E-state index in [4.69, 9.17) is 0 Å². The Morgan fingerprint density at radius 1 is 1.12 bits per heavy atom. The van der Waals surface area contributed by atoms with Gasteiger partial charge in [-0.05, 0) is 36.8 Å². The Labute approximate surface area is 150 Å². The second-order valence-corrected chi connectivity index (χ2v) is 7.10. The molecular weight excluding hydrogens is 360 g/mol. The van der Waals surface area contributed by atoms with Gasteiger partial charge in [0.15, 0.2) is 0 Å². The summed E-state index contributed by atoms with van der Waals surface area (Å²) in [6.45, 7) is 3.38. The van der Waals surface area contributed by atoms with Crippen LogP contribution in [-0.2, 0) is 21.4 Å². The van der Waals surface area contributed by atoms with Crippen molar-refractivity contribution in [2.75, 3.05) is 5.32 Å². The molecule has 0 aliphatic rings. The molecule has 1 aromatic heterocycles. The fourth-order valence-corrected chi connectivity index (χ4v) is 3.09. The molecule has 0 saturated carbocycles. The summed E-state index contributed by atoms with van der Waals surface area (Å²) in [4.78, 5) is 34.7. The Balaban J connectivity index is 2.16. The maximum atomic E-state index is 12.2. The molecule has 138 valence electrons. The number of rotatable bonds is 6. The van der Waals surface area contributed by atoms with Crippen LogP contribution in [0.2, 0.25) is 0 Å². The van der Waals surface area contributed by atoms with Crippen LogP contribution in [0.4, 0.5) is 5.69 Å². The van der Waals surface area contributed by atoms with E-state index in [-0.39, 0.29) is 16.1 Å². The summed E-state index contributed by atoms with van der Waals surface area (Å²) in [5.74, 6) is -1.23. The van der Waals surface area contributed by atoms with Crippen molar-refractivity contribution in [1.82, 2.24) is 14.5 Å². The number of nitrogens with zero attached hydrogens (tertiary/aromatic N) is 2. The summed E-state index contributed by atoms with van der Waals surface area (Å²) in [7, 11) is -3.94. The highest BCUT2D eigenvalue weighted by molar-refractivity contribution is 7.90. The minimum absolute atomic E-state index is 0.0630. The van der Waals surface area contributed by atoms with Gasteiger partial charge in [0.05, 0.1) is 4.90 Å². The van der Waals surface area contributed by atoms with Crippen LogP contribution in [0.3, 0.4) is 0 Å². The molecule has 1 aromatic carbocycles. The molecule has 9 nitrogen and oxygen atoms in total. The molecule has 0 saturated heterocycles. The number of nitrogens with one attached hydrogen (secondary N) is 2. The fourth-order valence-electron chi connectivity index (χ4n) is 2.10. The van der Waals surface area contributed by atoms with Gasteiger partial charge in [-0.1, -0.05) is 6.92 Å². The molecule has 0 fully saturated rings. The maximum absolute atomic E-state index is 12.2. The molecule has 26 heavy (non-hydrogen) atoms. The number of benzene rings is 1. The predicted octanol–water partition coefficient (Wildman–Crippen LogP) is 0.730. The number of sulfonamides is 1. The predicted molar refractivity (Wildman–Crippen MR) is 94.2 cm³/mol. The number of anilines is 1. The molecule has 1 heterocycles. The van der Waals surface area contributed by atoms with Crippen molar-refractivity contribution in [2.24, 2.45) is 0 Å². The van der Waals surface area contributed by atoms with Gasteiger partial charge in [0, 0.05) is 25.2 Å². The van der Waals surface area contributed by atoms with Gasteiger partial charge in [-0.3, -0.25) is 14.4 Å². The van der Waals surface area contributed by atoms with Crippen molar-refractivity contribution in [3.63, 3.8) is 0 Å². The number of hydrogen-bond acceptors (Lipinski definition) is 6. The van der Waals surface area contributed by atoms with Crippen molar-refractivity contribution < 1.29 is 18.0 Å². The molecule has 0 atom stereocenters. The highest BCUT2D eigenvalue weighted by Gasteiger charge is 2.16. The zero-order chi connectivity index (χ0) is 19.3. The number of aryl methyl sites for hydroxylation is 1. The topological polar surface area (TPSA) is 127 Å². The van der Waals surface area contributed by atoms with Crippen molar-refractivity contribution in [2.45, 2.75) is 31.7 Å². The van der Waals surface area contributed by atoms with Crippen molar-refractivity contribution in [3.05, 3.63) is 52.4 Å². The fraction of sp³-hybridized carbons (Fsp3) is 0.250. The number of amides is 2. The van der Waals surface area contributed by atoms with Crippen LogP contribution in [0.25, 0.3) is 0 Å². The first-order valence-corrected chi connectivity index (χ1v) is 9.24. The molecule has 0 radical (unpaired) electrons. The highest BCUT2D eigenvalue weighted by Crippen LogP contribution is 2.14. The van der Waals surface area contributed by atoms with E-state index in [0.717, 1.165) is 6.92 Å². The number of hydrogen-bond donors (Lipinski definition) is 2. The van der Waals surface area contributed by atoms with Gasteiger partial charge in [0.25, 0.3) is 21.5 Å². The lowest BCUT2D eigenvalue weighted by Gasteiger charge is -2.08. The standard InChI is InChI=1S/C16H18N4O5S/c1-3-10-20-15(22)9-8-14(18-20)16(23)17-12-4-6-13(7-5-12)26(24,25)19-11(2)21/h4-9H,3,10H2,1-2H3,(H,17,23)(H,19,21). The quantitative estimate of drug-likeness (QED) is 0.763. The first kappa shape index (κ1) is 19.3. The van der Waals surface area contributed by atoms with Crippen LogP contribution in [0.5, 0.6) is 0 Å². The van der Waals surface area contributed by atoms with Gasteiger partial charge in [-0.2, -0.15) is 5.10 Å². The van der Waals surface area contributed by atoms with E-state index >= 15 is 0 Å². The van der Waals surface area contributed by atoms with Gasteiger partial charge in [0.1, 0.15) is 5.69 Å². The first-order chi connectivity index (χ1) is 12.2. The Morgan fingerprint density at radius 2 is 1.77 bits per heavy atom. The largest absolute Gasteiger partial charge is 0.321 e.